The molecule has 0 unspecified atom stereocenters. The van der Waals surface area contributed by atoms with Crippen molar-refractivity contribution in [2.75, 3.05) is 53.6 Å². The standard InChI is InChI=1S/C17H30N4O5S/c1-14-18-16(13-19(14)2)27(23,24)21-7-5-15(6-8-21)17(22)20(9-11-25-3)10-12-26-4/h13,15H,5-12H2,1-4H3. The molecule has 2 heterocycles. The van der Waals surface area contributed by atoms with Crippen molar-refractivity contribution >= 4 is 15.9 Å². The molecule has 0 aromatic carbocycles. The predicted octanol–water partition coefficient (Wildman–Crippen LogP) is 0.251. The molecule has 0 saturated carbocycles. The molecule has 0 bridgehead atoms. The molecule has 1 aliphatic rings. The molecule has 0 N–H and O–H groups in total. The minimum Gasteiger partial charge on any atom is -0.383 e. The van der Waals surface area contributed by atoms with Gasteiger partial charge in [0.1, 0.15) is 5.82 Å². The van der Waals surface area contributed by atoms with E-state index in [4.69, 9.17) is 9.47 Å². The van der Waals surface area contributed by atoms with Crippen LogP contribution in [0.5, 0.6) is 0 Å². The molecule has 10 heteroatoms. The molecule has 1 aromatic rings. The fourth-order valence-electron chi connectivity index (χ4n) is 3.12. The normalized spacial score (nSPS) is 16.6. The van der Waals surface area contributed by atoms with Crippen LogP contribution in [0.15, 0.2) is 11.2 Å². The zero-order valence-corrected chi connectivity index (χ0v) is 17.4. The van der Waals surface area contributed by atoms with E-state index >= 15 is 0 Å². The zero-order chi connectivity index (χ0) is 20.0. The lowest BCUT2D eigenvalue weighted by molar-refractivity contribution is -0.138. The topological polar surface area (TPSA) is 94.0 Å². The van der Waals surface area contributed by atoms with E-state index in [0.29, 0.717) is 58.1 Å². The van der Waals surface area contributed by atoms with Gasteiger partial charge in [-0.15, -0.1) is 0 Å². The number of hydrogen-bond donors (Lipinski definition) is 0. The first kappa shape index (κ1) is 21.8. The third-order valence-electron chi connectivity index (χ3n) is 4.94. The van der Waals surface area contributed by atoms with Gasteiger partial charge in [0.2, 0.25) is 5.91 Å². The average molecular weight is 403 g/mol. The van der Waals surface area contributed by atoms with Crippen LogP contribution >= 0.6 is 0 Å². The summed E-state index contributed by atoms with van der Waals surface area (Å²) in [6, 6.07) is 0. The number of carbonyl (C=O) groups is 1. The van der Waals surface area contributed by atoms with E-state index in [2.05, 4.69) is 4.98 Å². The number of sulfonamides is 1. The molecule has 27 heavy (non-hydrogen) atoms. The molecule has 2 rings (SSSR count). The van der Waals surface area contributed by atoms with E-state index < -0.39 is 10.0 Å². The van der Waals surface area contributed by atoms with Gasteiger partial charge in [-0.2, -0.15) is 4.31 Å². The van der Waals surface area contributed by atoms with Gasteiger partial charge in [0, 0.05) is 59.6 Å². The largest absolute Gasteiger partial charge is 0.383 e. The maximum absolute atomic E-state index is 12.8. The lowest BCUT2D eigenvalue weighted by atomic mass is 9.96. The highest BCUT2D eigenvalue weighted by atomic mass is 32.2. The predicted molar refractivity (Wildman–Crippen MR) is 99.8 cm³/mol. The van der Waals surface area contributed by atoms with Crippen LogP contribution < -0.4 is 0 Å². The van der Waals surface area contributed by atoms with Crippen LogP contribution in [-0.4, -0.2) is 86.7 Å². The van der Waals surface area contributed by atoms with Crippen LogP contribution in [0.25, 0.3) is 0 Å². The van der Waals surface area contributed by atoms with E-state index in [1.54, 1.807) is 37.7 Å². The van der Waals surface area contributed by atoms with Gasteiger partial charge in [-0.1, -0.05) is 0 Å². The van der Waals surface area contributed by atoms with Gasteiger partial charge in [-0.3, -0.25) is 4.79 Å². The summed E-state index contributed by atoms with van der Waals surface area (Å²) in [4.78, 5) is 18.7. The lowest BCUT2D eigenvalue weighted by Gasteiger charge is -2.33. The van der Waals surface area contributed by atoms with Gasteiger partial charge < -0.3 is 18.9 Å². The van der Waals surface area contributed by atoms with E-state index in [1.807, 2.05) is 0 Å². The third-order valence-corrected chi connectivity index (χ3v) is 6.71. The van der Waals surface area contributed by atoms with E-state index in [1.165, 1.54) is 10.5 Å². The second-order valence-corrected chi connectivity index (χ2v) is 8.61. The Morgan fingerprint density at radius 1 is 1.22 bits per heavy atom. The molecule has 1 aliphatic heterocycles. The average Bonchev–Trinajstić information content (AvgIpc) is 3.01. The van der Waals surface area contributed by atoms with Gasteiger partial charge in [-0.05, 0) is 19.8 Å². The molecule has 0 atom stereocenters. The quantitative estimate of drug-likeness (QED) is 0.588. The number of nitrogens with zero attached hydrogens (tertiary/aromatic N) is 4. The number of rotatable bonds is 9. The van der Waals surface area contributed by atoms with Gasteiger partial charge in [0.15, 0.2) is 5.03 Å². The Bertz CT molecular complexity index is 698. The summed E-state index contributed by atoms with van der Waals surface area (Å²) in [6.45, 7) is 4.32. The second kappa shape index (κ2) is 9.63. The minimum atomic E-state index is -3.62. The highest BCUT2D eigenvalue weighted by molar-refractivity contribution is 7.89. The summed E-state index contributed by atoms with van der Waals surface area (Å²) in [7, 11) is 1.34. The highest BCUT2D eigenvalue weighted by Gasteiger charge is 2.34. The lowest BCUT2D eigenvalue weighted by Crippen LogP contribution is -2.46. The summed E-state index contributed by atoms with van der Waals surface area (Å²) >= 11 is 0. The first-order chi connectivity index (χ1) is 12.8. The fraction of sp³-hybridized carbons (Fsp3) is 0.765. The van der Waals surface area contributed by atoms with Crippen LogP contribution in [-0.2, 0) is 31.3 Å². The Morgan fingerprint density at radius 3 is 2.22 bits per heavy atom. The van der Waals surface area contributed by atoms with Crippen molar-refractivity contribution in [3.05, 3.63) is 12.0 Å². The van der Waals surface area contributed by atoms with Crippen LogP contribution in [0.2, 0.25) is 0 Å². The molecular weight excluding hydrogens is 372 g/mol. The molecule has 0 aliphatic carbocycles. The summed E-state index contributed by atoms with van der Waals surface area (Å²) < 4.78 is 38.8. The number of carbonyl (C=O) groups excluding carboxylic acids is 1. The molecule has 1 aromatic heterocycles. The van der Waals surface area contributed by atoms with Gasteiger partial charge in [0.25, 0.3) is 10.0 Å². The minimum absolute atomic E-state index is 0.0369. The second-order valence-electron chi connectivity index (χ2n) is 6.73. The van der Waals surface area contributed by atoms with Crippen molar-refractivity contribution in [2.45, 2.75) is 24.8 Å². The van der Waals surface area contributed by atoms with Crippen molar-refractivity contribution < 1.29 is 22.7 Å². The molecule has 1 fully saturated rings. The Hall–Kier alpha value is -1.49. The summed E-state index contributed by atoms with van der Waals surface area (Å²) in [5, 5.41) is 0.0640. The van der Waals surface area contributed by atoms with E-state index in [0.717, 1.165) is 0 Å². The van der Waals surface area contributed by atoms with Crippen molar-refractivity contribution in [1.29, 1.82) is 0 Å². The molecule has 1 saturated heterocycles. The summed E-state index contributed by atoms with van der Waals surface area (Å²) in [5.41, 5.74) is 0. The maximum atomic E-state index is 12.8. The number of piperidine rings is 1. The molecule has 1 amide bonds. The van der Waals surface area contributed by atoms with E-state index in [9.17, 15) is 13.2 Å². The molecular formula is C17H30N4O5S. The molecule has 9 nitrogen and oxygen atoms in total. The summed E-state index contributed by atoms with van der Waals surface area (Å²) in [6.07, 6.45) is 2.53. The first-order valence-corrected chi connectivity index (χ1v) is 10.5. The highest BCUT2D eigenvalue weighted by Crippen LogP contribution is 2.24. The Morgan fingerprint density at radius 2 is 1.78 bits per heavy atom. The van der Waals surface area contributed by atoms with Gasteiger partial charge >= 0.3 is 0 Å². The van der Waals surface area contributed by atoms with Crippen molar-refractivity contribution in [1.82, 2.24) is 18.8 Å². The number of ether oxygens (including phenoxy) is 2. The first-order valence-electron chi connectivity index (χ1n) is 9.08. The third kappa shape index (κ3) is 5.28. The fourth-order valence-corrected chi connectivity index (χ4v) is 4.61. The molecule has 0 radical (unpaired) electrons. The Labute approximate surface area is 161 Å². The smallest absolute Gasteiger partial charge is 0.262 e. The number of hydrogen-bond acceptors (Lipinski definition) is 6. The number of aryl methyl sites for hydroxylation is 2. The van der Waals surface area contributed by atoms with Crippen LogP contribution in [0, 0.1) is 12.8 Å². The van der Waals surface area contributed by atoms with Crippen molar-refractivity contribution in [3.63, 3.8) is 0 Å². The van der Waals surface area contributed by atoms with Crippen LogP contribution in [0.3, 0.4) is 0 Å². The summed E-state index contributed by atoms with van der Waals surface area (Å²) in [5.74, 6) is 0.496. The zero-order valence-electron chi connectivity index (χ0n) is 16.5. The van der Waals surface area contributed by atoms with Crippen molar-refractivity contribution in [3.8, 4) is 0 Å². The van der Waals surface area contributed by atoms with Crippen LogP contribution in [0.4, 0.5) is 0 Å². The number of amides is 1. The molecule has 0 spiro atoms. The number of aromatic nitrogens is 2. The van der Waals surface area contributed by atoms with Crippen molar-refractivity contribution in [2.24, 2.45) is 13.0 Å². The SMILES string of the molecule is COCCN(CCOC)C(=O)C1CCN(S(=O)(=O)c2cn(C)c(C)n2)CC1. The van der Waals surface area contributed by atoms with Gasteiger partial charge in [-0.25, -0.2) is 13.4 Å². The molecule has 154 valence electrons. The monoisotopic (exact) mass is 402 g/mol. The van der Waals surface area contributed by atoms with Gasteiger partial charge in [0.05, 0.1) is 13.2 Å². The number of imidazole rings is 1. The maximum Gasteiger partial charge on any atom is 0.262 e. The Balaban J connectivity index is 1.99. The Kier molecular flexibility index (Phi) is 7.78. The van der Waals surface area contributed by atoms with E-state index in [-0.39, 0.29) is 16.9 Å². The number of methoxy groups -OCH3 is 2. The van der Waals surface area contributed by atoms with Crippen LogP contribution in [0.1, 0.15) is 18.7 Å².